The predicted octanol–water partition coefficient (Wildman–Crippen LogP) is -0.114. The van der Waals surface area contributed by atoms with Gasteiger partial charge in [-0.05, 0) is 26.2 Å². The minimum atomic E-state index is -1.04. The highest BCUT2D eigenvalue weighted by atomic mass is 16.4. The van der Waals surface area contributed by atoms with Crippen LogP contribution in [-0.2, 0) is 9.59 Å². The Hall–Kier alpha value is -0.860. The molecule has 58 valence electrons. The first-order valence-corrected chi connectivity index (χ1v) is 3.32. The Morgan fingerprint density at radius 3 is 2.10 bits per heavy atom. The van der Waals surface area contributed by atoms with Gasteiger partial charge in [0.25, 0.3) is 0 Å². The normalized spacial score (nSPS) is 9.30. The summed E-state index contributed by atoms with van der Waals surface area (Å²) in [6.07, 6.45) is 1.74. The summed E-state index contributed by atoms with van der Waals surface area (Å²) in [5, 5.41) is 9.85. The van der Waals surface area contributed by atoms with Crippen molar-refractivity contribution in [2.45, 2.75) is 32.6 Å². The van der Waals surface area contributed by atoms with Crippen molar-refractivity contribution in [1.82, 2.24) is 0 Å². The van der Waals surface area contributed by atoms with E-state index in [2.05, 4.69) is 0 Å². The fourth-order valence-corrected chi connectivity index (χ4v) is 0.643. The van der Waals surface area contributed by atoms with E-state index < -0.39 is 5.97 Å². The lowest BCUT2D eigenvalue weighted by molar-refractivity contribution is -0.305. The summed E-state index contributed by atoms with van der Waals surface area (Å²) in [5.74, 6) is -0.929. The van der Waals surface area contributed by atoms with E-state index in [0.29, 0.717) is 19.3 Å². The maximum atomic E-state index is 10.3. The molecular formula is C7H11O3-. The van der Waals surface area contributed by atoms with Crippen molar-refractivity contribution in [2.24, 2.45) is 0 Å². The minimum Gasteiger partial charge on any atom is -0.550 e. The predicted molar refractivity (Wildman–Crippen MR) is 34.2 cm³/mol. The topological polar surface area (TPSA) is 57.2 Å². The zero-order chi connectivity index (χ0) is 7.98. The van der Waals surface area contributed by atoms with E-state index >= 15 is 0 Å². The Bertz CT molecular complexity index is 113. The monoisotopic (exact) mass is 143 g/mol. The second-order valence-corrected chi connectivity index (χ2v) is 2.28. The second kappa shape index (κ2) is 4.97. The standard InChI is InChI=1S/C7H12O3/c1-6(8)4-2-3-5-7(9)10/h2-5H2,1H3,(H,9,10)/p-1. The first-order valence-electron chi connectivity index (χ1n) is 3.32. The highest BCUT2D eigenvalue weighted by Crippen LogP contribution is 1.98. The summed E-state index contributed by atoms with van der Waals surface area (Å²) in [7, 11) is 0. The second-order valence-electron chi connectivity index (χ2n) is 2.28. The van der Waals surface area contributed by atoms with E-state index in [0.717, 1.165) is 0 Å². The van der Waals surface area contributed by atoms with E-state index in [1.54, 1.807) is 0 Å². The first-order chi connectivity index (χ1) is 4.63. The van der Waals surface area contributed by atoms with Crippen LogP contribution in [0.15, 0.2) is 0 Å². The fourth-order valence-electron chi connectivity index (χ4n) is 0.643. The van der Waals surface area contributed by atoms with Crippen molar-refractivity contribution in [3.8, 4) is 0 Å². The average Bonchev–Trinajstić information content (AvgIpc) is 1.79. The van der Waals surface area contributed by atoms with Crippen molar-refractivity contribution in [1.29, 1.82) is 0 Å². The van der Waals surface area contributed by atoms with Gasteiger partial charge in [-0.2, -0.15) is 0 Å². The van der Waals surface area contributed by atoms with Crippen LogP contribution in [0.1, 0.15) is 32.6 Å². The number of Topliss-reactive ketones (excluding diaryl/α,β-unsaturated/α-hetero) is 1. The molecule has 0 saturated carbocycles. The molecule has 10 heavy (non-hydrogen) atoms. The molecule has 3 heteroatoms. The van der Waals surface area contributed by atoms with Crippen LogP contribution in [0.25, 0.3) is 0 Å². The number of aliphatic carboxylic acids is 1. The third kappa shape index (κ3) is 7.14. The summed E-state index contributed by atoms with van der Waals surface area (Å²) in [6, 6.07) is 0. The molecule has 0 amide bonds. The lowest BCUT2D eigenvalue weighted by Gasteiger charge is -1.98. The maximum Gasteiger partial charge on any atom is 0.129 e. The van der Waals surface area contributed by atoms with Crippen LogP contribution >= 0.6 is 0 Å². The molecule has 0 aromatic rings. The third-order valence-corrected chi connectivity index (χ3v) is 1.16. The van der Waals surface area contributed by atoms with E-state index in [4.69, 9.17) is 0 Å². The molecule has 0 radical (unpaired) electrons. The van der Waals surface area contributed by atoms with E-state index in [-0.39, 0.29) is 12.2 Å². The molecule has 3 nitrogen and oxygen atoms in total. The summed E-state index contributed by atoms with van der Waals surface area (Å²) in [5.41, 5.74) is 0. The van der Waals surface area contributed by atoms with E-state index in [1.165, 1.54) is 6.92 Å². The molecule has 0 aromatic heterocycles. The Morgan fingerprint density at radius 2 is 1.70 bits per heavy atom. The molecular weight excluding hydrogens is 132 g/mol. The van der Waals surface area contributed by atoms with Crippen molar-refractivity contribution in [3.63, 3.8) is 0 Å². The first kappa shape index (κ1) is 9.14. The number of hydrogen-bond donors (Lipinski definition) is 0. The van der Waals surface area contributed by atoms with Crippen molar-refractivity contribution < 1.29 is 14.7 Å². The average molecular weight is 143 g/mol. The number of rotatable bonds is 5. The third-order valence-electron chi connectivity index (χ3n) is 1.16. The SMILES string of the molecule is CC(=O)CCCCC(=O)[O-]. The number of unbranched alkanes of at least 4 members (excludes halogenated alkanes) is 1. The van der Waals surface area contributed by atoms with Crippen LogP contribution < -0.4 is 5.11 Å². The van der Waals surface area contributed by atoms with Gasteiger partial charge in [0.05, 0.1) is 0 Å². The Labute approximate surface area is 60.0 Å². The number of ketones is 1. The van der Waals surface area contributed by atoms with Crippen LogP contribution in [0.4, 0.5) is 0 Å². The maximum absolute atomic E-state index is 10.3. The molecule has 0 heterocycles. The Morgan fingerprint density at radius 1 is 1.20 bits per heavy atom. The van der Waals surface area contributed by atoms with Crippen LogP contribution in [-0.4, -0.2) is 11.8 Å². The number of carboxylic acid groups (broad SMARTS) is 1. The Balaban J connectivity index is 3.06. The van der Waals surface area contributed by atoms with Crippen molar-refractivity contribution >= 4 is 11.8 Å². The lowest BCUT2D eigenvalue weighted by atomic mass is 10.1. The molecule has 0 aliphatic rings. The van der Waals surface area contributed by atoms with Gasteiger partial charge in [0.1, 0.15) is 5.78 Å². The van der Waals surface area contributed by atoms with Crippen LogP contribution in [0.3, 0.4) is 0 Å². The summed E-state index contributed by atoms with van der Waals surface area (Å²) in [4.78, 5) is 20.2. The van der Waals surface area contributed by atoms with Gasteiger partial charge in [0, 0.05) is 12.4 Å². The number of carboxylic acids is 1. The molecule has 0 N–H and O–H groups in total. The van der Waals surface area contributed by atoms with Gasteiger partial charge < -0.3 is 14.7 Å². The van der Waals surface area contributed by atoms with Gasteiger partial charge in [-0.25, -0.2) is 0 Å². The number of hydrogen-bond acceptors (Lipinski definition) is 3. The molecule has 0 atom stereocenters. The molecule has 0 fully saturated rings. The van der Waals surface area contributed by atoms with Gasteiger partial charge in [-0.1, -0.05) is 0 Å². The highest BCUT2D eigenvalue weighted by molar-refractivity contribution is 5.75. The summed E-state index contributed by atoms with van der Waals surface area (Å²) < 4.78 is 0. The number of carbonyl (C=O) groups is 2. The van der Waals surface area contributed by atoms with E-state index in [9.17, 15) is 14.7 Å². The van der Waals surface area contributed by atoms with Gasteiger partial charge in [-0.15, -0.1) is 0 Å². The van der Waals surface area contributed by atoms with Crippen molar-refractivity contribution in [3.05, 3.63) is 0 Å². The molecule has 0 aliphatic carbocycles. The Kier molecular flexibility index (Phi) is 4.54. The number of carbonyl (C=O) groups excluding carboxylic acids is 2. The molecule has 0 aromatic carbocycles. The molecule has 0 saturated heterocycles. The van der Waals surface area contributed by atoms with Crippen molar-refractivity contribution in [2.75, 3.05) is 0 Å². The zero-order valence-electron chi connectivity index (χ0n) is 6.05. The van der Waals surface area contributed by atoms with Crippen LogP contribution in [0, 0.1) is 0 Å². The van der Waals surface area contributed by atoms with Gasteiger partial charge in [-0.3, -0.25) is 0 Å². The summed E-state index contributed by atoms with van der Waals surface area (Å²) >= 11 is 0. The zero-order valence-corrected chi connectivity index (χ0v) is 6.05. The molecule has 0 aliphatic heterocycles. The largest absolute Gasteiger partial charge is 0.550 e. The smallest absolute Gasteiger partial charge is 0.129 e. The van der Waals surface area contributed by atoms with Gasteiger partial charge >= 0.3 is 0 Å². The quantitative estimate of drug-likeness (QED) is 0.504. The molecule has 0 spiro atoms. The van der Waals surface area contributed by atoms with Gasteiger partial charge in [0.2, 0.25) is 0 Å². The molecule has 0 unspecified atom stereocenters. The molecule has 0 rings (SSSR count). The lowest BCUT2D eigenvalue weighted by Crippen LogP contribution is -2.21. The van der Waals surface area contributed by atoms with Gasteiger partial charge in [0.15, 0.2) is 0 Å². The summed E-state index contributed by atoms with van der Waals surface area (Å²) in [6.45, 7) is 1.50. The molecule has 0 bridgehead atoms. The highest BCUT2D eigenvalue weighted by Gasteiger charge is 1.92. The fraction of sp³-hybridized carbons (Fsp3) is 0.714. The van der Waals surface area contributed by atoms with Crippen LogP contribution in [0.5, 0.6) is 0 Å². The minimum absolute atomic E-state index is 0.0628. The van der Waals surface area contributed by atoms with Crippen LogP contribution in [0.2, 0.25) is 0 Å². The van der Waals surface area contributed by atoms with E-state index in [1.807, 2.05) is 0 Å².